The Balaban J connectivity index is 2.13. The summed E-state index contributed by atoms with van der Waals surface area (Å²) >= 11 is 1.40. The van der Waals surface area contributed by atoms with Gasteiger partial charge in [0.05, 0.1) is 5.69 Å². The first-order valence-corrected chi connectivity index (χ1v) is 8.28. The molecule has 0 unspecified atom stereocenters. The molecule has 1 N–H and O–H groups in total. The van der Waals surface area contributed by atoms with E-state index in [1.165, 1.54) is 16.2 Å². The highest BCUT2D eigenvalue weighted by Crippen LogP contribution is 2.44. The van der Waals surface area contributed by atoms with Crippen LogP contribution in [0.15, 0.2) is 0 Å². The maximum Gasteiger partial charge on any atom is 0.406 e. The molecule has 1 aromatic heterocycles. The second-order valence-electron chi connectivity index (χ2n) is 5.39. The Morgan fingerprint density at radius 3 is 2.57 bits per heavy atom. The zero-order chi connectivity index (χ0) is 15.5. The maximum atomic E-state index is 12.6. The fourth-order valence-corrected chi connectivity index (χ4v) is 3.38. The van der Waals surface area contributed by atoms with Gasteiger partial charge in [-0.25, -0.2) is 4.98 Å². The average Bonchev–Trinajstić information content (AvgIpc) is 3.17. The van der Waals surface area contributed by atoms with E-state index >= 15 is 0 Å². The molecule has 120 valence electrons. The van der Waals surface area contributed by atoms with Crippen LogP contribution in [0.2, 0.25) is 0 Å². The first kappa shape index (κ1) is 16.5. The molecule has 0 atom stereocenters. The van der Waals surface area contributed by atoms with Crippen molar-refractivity contribution in [2.24, 2.45) is 0 Å². The summed E-state index contributed by atoms with van der Waals surface area (Å²) in [6.45, 7) is 4.84. The van der Waals surface area contributed by atoms with E-state index in [2.05, 4.69) is 17.2 Å². The second kappa shape index (κ2) is 6.96. The molecule has 0 saturated heterocycles. The lowest BCUT2D eigenvalue weighted by Gasteiger charge is -2.21. The van der Waals surface area contributed by atoms with Gasteiger partial charge >= 0.3 is 6.18 Å². The zero-order valence-electron chi connectivity index (χ0n) is 12.5. The fraction of sp³-hybridized carbons (Fsp3) is 0.786. The summed E-state index contributed by atoms with van der Waals surface area (Å²) < 4.78 is 37.9. The Morgan fingerprint density at radius 1 is 1.33 bits per heavy atom. The zero-order valence-corrected chi connectivity index (χ0v) is 13.3. The van der Waals surface area contributed by atoms with Crippen LogP contribution in [0, 0.1) is 0 Å². The van der Waals surface area contributed by atoms with Crippen molar-refractivity contribution in [3.63, 3.8) is 0 Å². The normalized spacial score (nSPS) is 15.5. The van der Waals surface area contributed by atoms with Gasteiger partial charge in [-0.1, -0.05) is 6.92 Å². The molecular formula is C14H22F3N3S. The third-order valence-electron chi connectivity index (χ3n) is 3.42. The van der Waals surface area contributed by atoms with E-state index < -0.39 is 12.7 Å². The number of rotatable bonds is 8. The Bertz CT molecular complexity index is 455. The van der Waals surface area contributed by atoms with Gasteiger partial charge in [0.1, 0.15) is 6.54 Å². The summed E-state index contributed by atoms with van der Waals surface area (Å²) in [7, 11) is 0. The van der Waals surface area contributed by atoms with Crippen LogP contribution >= 0.6 is 11.3 Å². The molecule has 7 heteroatoms. The molecule has 3 nitrogen and oxygen atoms in total. The SMILES string of the molecule is CCCNCc1sc(N(CC)CC(F)(F)F)nc1C1CC1. The van der Waals surface area contributed by atoms with E-state index in [1.54, 1.807) is 6.92 Å². The Kier molecular flexibility index (Phi) is 5.48. The maximum absolute atomic E-state index is 12.6. The van der Waals surface area contributed by atoms with E-state index in [0.717, 1.165) is 36.4 Å². The third-order valence-corrected chi connectivity index (χ3v) is 4.55. The van der Waals surface area contributed by atoms with Crippen LogP contribution in [0.3, 0.4) is 0 Å². The predicted molar refractivity (Wildman–Crippen MR) is 80.0 cm³/mol. The van der Waals surface area contributed by atoms with Crippen LogP contribution in [0.25, 0.3) is 0 Å². The summed E-state index contributed by atoms with van der Waals surface area (Å²) in [5.41, 5.74) is 1.01. The van der Waals surface area contributed by atoms with Gasteiger partial charge in [0.15, 0.2) is 5.13 Å². The van der Waals surface area contributed by atoms with Crippen molar-refractivity contribution >= 4 is 16.5 Å². The number of halogens is 3. The van der Waals surface area contributed by atoms with Crippen LogP contribution in [0.4, 0.5) is 18.3 Å². The molecule has 21 heavy (non-hydrogen) atoms. The fourth-order valence-electron chi connectivity index (χ4n) is 2.20. The van der Waals surface area contributed by atoms with Crippen molar-refractivity contribution in [3.05, 3.63) is 10.6 Å². The average molecular weight is 321 g/mol. The first-order chi connectivity index (χ1) is 9.94. The Hall–Kier alpha value is -0.820. The van der Waals surface area contributed by atoms with Gasteiger partial charge in [-0.3, -0.25) is 0 Å². The number of thiazole rings is 1. The standard InChI is InChI=1S/C14H22F3N3S/c1-3-7-18-8-11-12(10-5-6-10)19-13(21-11)20(4-2)9-14(15,16)17/h10,18H,3-9H2,1-2H3. The highest BCUT2D eigenvalue weighted by Gasteiger charge is 2.34. The molecule has 0 radical (unpaired) electrons. The van der Waals surface area contributed by atoms with Crippen LogP contribution in [0.5, 0.6) is 0 Å². The monoisotopic (exact) mass is 321 g/mol. The van der Waals surface area contributed by atoms with E-state index in [0.29, 0.717) is 24.1 Å². The van der Waals surface area contributed by atoms with E-state index in [-0.39, 0.29) is 0 Å². The van der Waals surface area contributed by atoms with Gasteiger partial charge in [0.25, 0.3) is 0 Å². The van der Waals surface area contributed by atoms with Crippen LogP contribution < -0.4 is 10.2 Å². The Morgan fingerprint density at radius 2 is 2.05 bits per heavy atom. The van der Waals surface area contributed by atoms with Crippen molar-refractivity contribution in [2.75, 3.05) is 24.5 Å². The van der Waals surface area contributed by atoms with Gasteiger partial charge in [0, 0.05) is 23.9 Å². The smallest absolute Gasteiger partial charge is 0.339 e. The highest BCUT2D eigenvalue weighted by atomic mass is 32.1. The minimum absolute atomic E-state index is 0.318. The molecule has 1 aliphatic carbocycles. The van der Waals surface area contributed by atoms with Crippen LogP contribution in [-0.2, 0) is 6.54 Å². The largest absolute Gasteiger partial charge is 0.406 e. The lowest BCUT2D eigenvalue weighted by atomic mass is 10.2. The molecule has 0 bridgehead atoms. The number of hydrogen-bond acceptors (Lipinski definition) is 4. The molecule has 0 spiro atoms. The summed E-state index contributed by atoms with van der Waals surface area (Å²) in [4.78, 5) is 6.93. The molecule has 1 aliphatic rings. The molecule has 1 fully saturated rings. The third kappa shape index (κ3) is 4.85. The van der Waals surface area contributed by atoms with Crippen molar-refractivity contribution < 1.29 is 13.2 Å². The van der Waals surface area contributed by atoms with Gasteiger partial charge in [-0.15, -0.1) is 11.3 Å². The summed E-state index contributed by atoms with van der Waals surface area (Å²) in [6.07, 6.45) is -0.938. The highest BCUT2D eigenvalue weighted by molar-refractivity contribution is 7.15. The number of hydrogen-bond donors (Lipinski definition) is 1. The van der Waals surface area contributed by atoms with Gasteiger partial charge < -0.3 is 10.2 Å². The molecule has 0 aliphatic heterocycles. The molecule has 0 amide bonds. The molecule has 0 aromatic carbocycles. The van der Waals surface area contributed by atoms with Crippen molar-refractivity contribution in [1.82, 2.24) is 10.3 Å². The summed E-state index contributed by atoms with van der Waals surface area (Å²) in [6, 6.07) is 0. The van der Waals surface area contributed by atoms with Gasteiger partial charge in [0.2, 0.25) is 0 Å². The molecular weight excluding hydrogens is 299 g/mol. The number of aromatic nitrogens is 1. The minimum atomic E-state index is -4.19. The molecule has 1 heterocycles. The van der Waals surface area contributed by atoms with Crippen LogP contribution in [0.1, 0.15) is 49.6 Å². The van der Waals surface area contributed by atoms with Crippen molar-refractivity contribution in [2.45, 2.75) is 51.7 Å². The lowest BCUT2D eigenvalue weighted by Crippen LogP contribution is -2.34. The number of nitrogens with one attached hydrogen (secondary N) is 1. The predicted octanol–water partition coefficient (Wildman–Crippen LogP) is 3.91. The summed E-state index contributed by atoms with van der Waals surface area (Å²) in [5.74, 6) is 0.456. The van der Waals surface area contributed by atoms with Crippen molar-refractivity contribution in [1.29, 1.82) is 0 Å². The summed E-state index contributed by atoms with van der Waals surface area (Å²) in [5, 5.41) is 3.83. The Labute approximate surface area is 127 Å². The van der Waals surface area contributed by atoms with Crippen LogP contribution in [-0.4, -0.2) is 30.8 Å². The quantitative estimate of drug-likeness (QED) is 0.736. The van der Waals surface area contributed by atoms with Gasteiger partial charge in [-0.05, 0) is 32.7 Å². The molecule has 1 aromatic rings. The van der Waals surface area contributed by atoms with Gasteiger partial charge in [-0.2, -0.15) is 13.2 Å². The number of nitrogens with zero attached hydrogens (tertiary/aromatic N) is 2. The lowest BCUT2D eigenvalue weighted by molar-refractivity contribution is -0.119. The van der Waals surface area contributed by atoms with E-state index in [9.17, 15) is 13.2 Å². The van der Waals surface area contributed by atoms with Crippen molar-refractivity contribution in [3.8, 4) is 0 Å². The number of alkyl halides is 3. The topological polar surface area (TPSA) is 28.2 Å². The second-order valence-corrected chi connectivity index (χ2v) is 6.45. The first-order valence-electron chi connectivity index (χ1n) is 7.46. The van der Waals surface area contributed by atoms with E-state index in [4.69, 9.17) is 0 Å². The van der Waals surface area contributed by atoms with E-state index in [1.807, 2.05) is 0 Å². The molecule has 1 saturated carbocycles. The number of anilines is 1. The minimum Gasteiger partial charge on any atom is -0.339 e. The molecule has 2 rings (SSSR count).